The molecular weight excluding hydrogens is 302 g/mol. The molecule has 1 N–H and O–H groups in total. The van der Waals surface area contributed by atoms with E-state index in [1.807, 2.05) is 38.1 Å². The van der Waals surface area contributed by atoms with Gasteiger partial charge >= 0.3 is 0 Å². The van der Waals surface area contributed by atoms with E-state index in [0.29, 0.717) is 11.1 Å². The van der Waals surface area contributed by atoms with Gasteiger partial charge in [0.25, 0.3) is 0 Å². The van der Waals surface area contributed by atoms with E-state index >= 15 is 0 Å². The second-order valence-electron chi connectivity index (χ2n) is 4.93. The molecule has 2 aromatic carbocycles. The highest BCUT2D eigenvalue weighted by molar-refractivity contribution is 6.84. The minimum absolute atomic E-state index is 0.224. The first-order valence-corrected chi connectivity index (χ1v) is 7.11. The third kappa shape index (κ3) is 3.65. The van der Waals surface area contributed by atoms with Gasteiger partial charge in [-0.05, 0) is 31.0 Å². The molecule has 0 heterocycles. The van der Waals surface area contributed by atoms with Crippen molar-refractivity contribution < 1.29 is 14.7 Å². The topological polar surface area (TPSA) is 58.9 Å². The Hall–Kier alpha value is -2.33. The third-order valence-electron chi connectivity index (χ3n) is 3.26. The zero-order valence-corrected chi connectivity index (χ0v) is 13.1. The first kappa shape index (κ1) is 16.0. The molecule has 0 saturated heterocycles. The summed E-state index contributed by atoms with van der Waals surface area (Å²) >= 11 is 5.60. The van der Waals surface area contributed by atoms with E-state index < -0.39 is 11.0 Å². The SMILES string of the molecule is Cc1ccc(C)c(OCc2ccccc2C(=O)/C(Cl)=N/O)c1. The van der Waals surface area contributed by atoms with E-state index in [1.165, 1.54) is 0 Å². The van der Waals surface area contributed by atoms with Crippen molar-refractivity contribution in [3.63, 3.8) is 0 Å². The lowest BCUT2D eigenvalue weighted by Gasteiger charge is -2.12. The summed E-state index contributed by atoms with van der Waals surface area (Å²) in [6.07, 6.45) is 0. The van der Waals surface area contributed by atoms with Crippen LogP contribution in [0, 0.1) is 13.8 Å². The van der Waals surface area contributed by atoms with E-state index in [9.17, 15) is 4.79 Å². The number of benzene rings is 2. The predicted molar refractivity (Wildman–Crippen MR) is 86.1 cm³/mol. The largest absolute Gasteiger partial charge is 0.489 e. The number of hydrogen-bond donors (Lipinski definition) is 1. The number of carbonyl (C=O) groups is 1. The molecule has 22 heavy (non-hydrogen) atoms. The Morgan fingerprint density at radius 2 is 1.95 bits per heavy atom. The molecule has 114 valence electrons. The summed E-state index contributed by atoms with van der Waals surface area (Å²) < 4.78 is 5.81. The molecule has 0 spiro atoms. The Bertz CT molecular complexity index is 726. The molecule has 0 aromatic heterocycles. The monoisotopic (exact) mass is 317 g/mol. The first-order chi connectivity index (χ1) is 10.5. The van der Waals surface area contributed by atoms with Crippen LogP contribution in [0.4, 0.5) is 0 Å². The number of rotatable bonds is 5. The fourth-order valence-corrected chi connectivity index (χ4v) is 2.14. The van der Waals surface area contributed by atoms with Crippen LogP contribution in [0.1, 0.15) is 27.0 Å². The Labute approximate surface area is 134 Å². The number of ketones is 1. The van der Waals surface area contributed by atoms with Crippen LogP contribution >= 0.6 is 11.6 Å². The van der Waals surface area contributed by atoms with Crippen LogP contribution in [-0.4, -0.2) is 16.2 Å². The molecule has 0 radical (unpaired) electrons. The van der Waals surface area contributed by atoms with Gasteiger partial charge in [-0.25, -0.2) is 0 Å². The summed E-state index contributed by atoms with van der Waals surface area (Å²) in [4.78, 5) is 12.1. The summed E-state index contributed by atoms with van der Waals surface area (Å²) in [6, 6.07) is 12.9. The summed E-state index contributed by atoms with van der Waals surface area (Å²) in [6.45, 7) is 4.17. The fourth-order valence-electron chi connectivity index (χ4n) is 2.04. The number of halogens is 1. The van der Waals surface area contributed by atoms with Crippen LogP contribution in [0.3, 0.4) is 0 Å². The van der Waals surface area contributed by atoms with Crippen molar-refractivity contribution in [1.82, 2.24) is 0 Å². The van der Waals surface area contributed by atoms with Crippen LogP contribution in [0.15, 0.2) is 47.6 Å². The summed E-state index contributed by atoms with van der Waals surface area (Å²) in [7, 11) is 0. The number of aryl methyl sites for hydroxylation is 2. The van der Waals surface area contributed by atoms with Crippen LogP contribution in [0.5, 0.6) is 5.75 Å². The summed E-state index contributed by atoms with van der Waals surface area (Å²) in [5.41, 5.74) is 3.15. The van der Waals surface area contributed by atoms with Gasteiger partial charge < -0.3 is 9.94 Å². The first-order valence-electron chi connectivity index (χ1n) is 6.73. The molecule has 0 bridgehead atoms. The number of Topliss-reactive ketones (excluding diaryl/α,β-unsaturated/α-hetero) is 1. The van der Waals surface area contributed by atoms with E-state index in [0.717, 1.165) is 16.9 Å². The molecule has 0 unspecified atom stereocenters. The van der Waals surface area contributed by atoms with Crippen molar-refractivity contribution in [3.05, 3.63) is 64.7 Å². The van der Waals surface area contributed by atoms with Crippen molar-refractivity contribution in [2.45, 2.75) is 20.5 Å². The van der Waals surface area contributed by atoms with Gasteiger partial charge in [0.2, 0.25) is 11.0 Å². The highest BCUT2D eigenvalue weighted by atomic mass is 35.5. The van der Waals surface area contributed by atoms with Gasteiger partial charge in [-0.15, -0.1) is 0 Å². The smallest absolute Gasteiger partial charge is 0.226 e. The molecule has 0 atom stereocenters. The number of nitrogens with zero attached hydrogens (tertiary/aromatic N) is 1. The Balaban J connectivity index is 2.24. The van der Waals surface area contributed by atoms with E-state index in [-0.39, 0.29) is 6.61 Å². The van der Waals surface area contributed by atoms with Crippen molar-refractivity contribution >= 4 is 22.6 Å². The molecule has 2 aromatic rings. The Kier molecular flexibility index (Phi) is 5.17. The summed E-state index contributed by atoms with van der Waals surface area (Å²) in [5, 5.41) is 10.9. The number of oxime groups is 1. The van der Waals surface area contributed by atoms with E-state index in [4.69, 9.17) is 21.5 Å². The maximum absolute atomic E-state index is 12.1. The lowest BCUT2D eigenvalue weighted by molar-refractivity contribution is 0.106. The van der Waals surface area contributed by atoms with E-state index in [2.05, 4.69) is 5.16 Å². The average molecular weight is 318 g/mol. The zero-order chi connectivity index (χ0) is 16.1. The van der Waals surface area contributed by atoms with Crippen molar-refractivity contribution in [2.24, 2.45) is 5.16 Å². The quantitative estimate of drug-likeness (QED) is 0.391. The van der Waals surface area contributed by atoms with E-state index in [1.54, 1.807) is 18.2 Å². The van der Waals surface area contributed by atoms with Crippen LogP contribution in [-0.2, 0) is 6.61 Å². The standard InChI is InChI=1S/C17H16ClNO3/c1-11-7-8-12(2)15(9-11)22-10-13-5-3-4-6-14(13)16(20)17(18)19-21/h3-9,21H,10H2,1-2H3/b19-17-. The summed E-state index contributed by atoms with van der Waals surface area (Å²) in [5.74, 6) is 0.230. The Morgan fingerprint density at radius 1 is 1.23 bits per heavy atom. The number of hydrogen-bond acceptors (Lipinski definition) is 4. The highest BCUT2D eigenvalue weighted by Crippen LogP contribution is 2.21. The second kappa shape index (κ2) is 7.09. The lowest BCUT2D eigenvalue weighted by Crippen LogP contribution is -2.12. The highest BCUT2D eigenvalue weighted by Gasteiger charge is 2.16. The maximum Gasteiger partial charge on any atom is 0.226 e. The number of ether oxygens (including phenoxy) is 1. The molecule has 0 amide bonds. The minimum Gasteiger partial charge on any atom is -0.489 e. The zero-order valence-electron chi connectivity index (χ0n) is 12.3. The predicted octanol–water partition coefficient (Wildman–Crippen LogP) is 4.09. The number of carbonyl (C=O) groups excluding carboxylic acids is 1. The molecular formula is C17H16ClNO3. The molecule has 0 aliphatic carbocycles. The van der Waals surface area contributed by atoms with Crippen LogP contribution < -0.4 is 4.74 Å². The molecule has 0 saturated carbocycles. The minimum atomic E-state index is -0.538. The molecule has 5 heteroatoms. The second-order valence-corrected chi connectivity index (χ2v) is 5.29. The normalized spacial score (nSPS) is 11.3. The van der Waals surface area contributed by atoms with Gasteiger partial charge in [-0.2, -0.15) is 0 Å². The molecule has 0 aliphatic rings. The molecule has 4 nitrogen and oxygen atoms in total. The van der Waals surface area contributed by atoms with Gasteiger partial charge in [0.15, 0.2) is 0 Å². The van der Waals surface area contributed by atoms with Crippen molar-refractivity contribution in [3.8, 4) is 5.75 Å². The van der Waals surface area contributed by atoms with Crippen LogP contribution in [0.2, 0.25) is 0 Å². The van der Waals surface area contributed by atoms with Gasteiger partial charge in [-0.3, -0.25) is 4.79 Å². The van der Waals surface area contributed by atoms with Gasteiger partial charge in [0.1, 0.15) is 12.4 Å². The fraction of sp³-hybridized carbons (Fsp3) is 0.176. The molecule has 0 fully saturated rings. The van der Waals surface area contributed by atoms with Crippen molar-refractivity contribution in [1.29, 1.82) is 0 Å². The molecule has 0 aliphatic heterocycles. The maximum atomic E-state index is 12.1. The van der Waals surface area contributed by atoms with Gasteiger partial charge in [0.05, 0.1) is 0 Å². The van der Waals surface area contributed by atoms with Gasteiger partial charge in [-0.1, -0.05) is 53.2 Å². The van der Waals surface area contributed by atoms with Crippen molar-refractivity contribution in [2.75, 3.05) is 0 Å². The Morgan fingerprint density at radius 3 is 2.68 bits per heavy atom. The third-order valence-corrected chi connectivity index (χ3v) is 3.51. The molecule has 2 rings (SSSR count). The van der Waals surface area contributed by atoms with Crippen LogP contribution in [0.25, 0.3) is 0 Å². The van der Waals surface area contributed by atoms with Gasteiger partial charge in [0, 0.05) is 11.1 Å². The average Bonchev–Trinajstić information content (AvgIpc) is 2.54. The lowest BCUT2D eigenvalue weighted by atomic mass is 10.0.